The molecule has 0 bridgehead atoms. The Morgan fingerprint density at radius 3 is 2.48 bits per heavy atom. The number of likely N-dealkylation sites (tertiary alicyclic amines) is 1. The fourth-order valence-electron chi connectivity index (χ4n) is 3.32. The van der Waals surface area contributed by atoms with Gasteiger partial charge in [-0.15, -0.1) is 0 Å². The largest absolute Gasteiger partial charge is 0.507 e. The molecule has 1 amide bonds. The Balaban J connectivity index is 1.99. The highest BCUT2D eigenvalue weighted by molar-refractivity contribution is 6.46. The maximum atomic E-state index is 12.8. The Morgan fingerprint density at radius 2 is 1.90 bits per heavy atom. The number of rotatable bonds is 7. The number of halogens is 1. The number of furan rings is 1. The second kappa shape index (κ2) is 8.84. The van der Waals surface area contributed by atoms with E-state index in [9.17, 15) is 14.7 Å². The lowest BCUT2D eigenvalue weighted by Crippen LogP contribution is -2.31. The standard InChI is InChI=1S/C22H24ClNO5/c1-13(2)28-12-4-11-24-19(17-10-5-14(3)29-17)18(21(26)22(24)27)20(25)15-6-8-16(23)9-7-15/h5-10,13,19,25H,4,11-12H2,1-3H3/b20-18-. The van der Waals surface area contributed by atoms with E-state index in [2.05, 4.69) is 0 Å². The normalized spacial score (nSPS) is 18.8. The van der Waals surface area contributed by atoms with Gasteiger partial charge in [-0.3, -0.25) is 9.59 Å². The minimum absolute atomic E-state index is 0.0106. The van der Waals surface area contributed by atoms with Gasteiger partial charge in [0.2, 0.25) is 0 Å². The van der Waals surface area contributed by atoms with Gasteiger partial charge in [-0.2, -0.15) is 0 Å². The number of nitrogens with zero attached hydrogens (tertiary/aromatic N) is 1. The molecule has 2 heterocycles. The predicted octanol–water partition coefficient (Wildman–Crippen LogP) is 4.48. The van der Waals surface area contributed by atoms with E-state index in [1.807, 2.05) is 13.8 Å². The summed E-state index contributed by atoms with van der Waals surface area (Å²) in [6.45, 7) is 6.42. The third kappa shape index (κ3) is 4.54. The fraction of sp³-hybridized carbons (Fsp3) is 0.364. The van der Waals surface area contributed by atoms with E-state index in [0.717, 1.165) is 0 Å². The molecule has 154 valence electrons. The van der Waals surface area contributed by atoms with Crippen LogP contribution in [-0.2, 0) is 14.3 Å². The number of hydrogen-bond donors (Lipinski definition) is 1. The maximum absolute atomic E-state index is 12.8. The average Bonchev–Trinajstić information content (AvgIpc) is 3.21. The van der Waals surface area contributed by atoms with E-state index in [1.165, 1.54) is 4.90 Å². The molecule has 1 aromatic carbocycles. The van der Waals surface area contributed by atoms with Gasteiger partial charge in [-0.05, 0) is 63.6 Å². The monoisotopic (exact) mass is 417 g/mol. The summed E-state index contributed by atoms with van der Waals surface area (Å²) in [7, 11) is 0. The number of aliphatic hydroxyl groups excluding tert-OH is 1. The molecule has 7 heteroatoms. The number of ketones is 1. The van der Waals surface area contributed by atoms with Crippen molar-refractivity contribution in [1.82, 2.24) is 4.90 Å². The number of benzene rings is 1. The minimum Gasteiger partial charge on any atom is -0.507 e. The summed E-state index contributed by atoms with van der Waals surface area (Å²) < 4.78 is 11.3. The van der Waals surface area contributed by atoms with Crippen LogP contribution in [0, 0.1) is 6.92 Å². The summed E-state index contributed by atoms with van der Waals surface area (Å²) in [4.78, 5) is 27.0. The molecule has 1 aromatic heterocycles. The zero-order chi connectivity index (χ0) is 21.1. The number of carbonyl (C=O) groups excluding carboxylic acids is 2. The van der Waals surface area contributed by atoms with Crippen molar-refractivity contribution in [1.29, 1.82) is 0 Å². The highest BCUT2D eigenvalue weighted by Crippen LogP contribution is 2.40. The van der Waals surface area contributed by atoms with Crippen molar-refractivity contribution >= 4 is 29.1 Å². The first-order chi connectivity index (χ1) is 13.8. The summed E-state index contributed by atoms with van der Waals surface area (Å²) in [5.41, 5.74) is 0.417. The SMILES string of the molecule is Cc1ccc(C2/C(=C(/O)c3ccc(Cl)cc3)C(=O)C(=O)N2CCCOC(C)C)o1. The number of ether oxygens (including phenoxy) is 1. The number of Topliss-reactive ketones (excluding diaryl/α,β-unsaturated/α-hetero) is 1. The summed E-state index contributed by atoms with van der Waals surface area (Å²) >= 11 is 5.92. The molecule has 1 unspecified atom stereocenters. The number of hydrogen-bond acceptors (Lipinski definition) is 5. The van der Waals surface area contributed by atoms with E-state index in [-0.39, 0.29) is 17.4 Å². The van der Waals surface area contributed by atoms with Crippen LogP contribution in [0.2, 0.25) is 5.02 Å². The van der Waals surface area contributed by atoms with Crippen LogP contribution in [0.5, 0.6) is 0 Å². The van der Waals surface area contributed by atoms with E-state index in [0.29, 0.717) is 41.7 Å². The summed E-state index contributed by atoms with van der Waals surface area (Å²) in [6, 6.07) is 9.12. The molecule has 6 nitrogen and oxygen atoms in total. The van der Waals surface area contributed by atoms with Crippen LogP contribution in [-0.4, -0.2) is 41.0 Å². The third-order valence-corrected chi connectivity index (χ3v) is 4.93. The Labute approximate surface area is 174 Å². The molecule has 3 rings (SSSR count). The smallest absolute Gasteiger partial charge is 0.295 e. The number of aryl methyl sites for hydroxylation is 1. The molecule has 2 aromatic rings. The molecule has 29 heavy (non-hydrogen) atoms. The van der Waals surface area contributed by atoms with E-state index < -0.39 is 17.7 Å². The Bertz CT molecular complexity index is 929. The molecule has 1 saturated heterocycles. The lowest BCUT2D eigenvalue weighted by atomic mass is 9.99. The van der Waals surface area contributed by atoms with Crippen molar-refractivity contribution in [2.75, 3.05) is 13.2 Å². The van der Waals surface area contributed by atoms with Gasteiger partial charge >= 0.3 is 0 Å². The zero-order valence-corrected chi connectivity index (χ0v) is 17.4. The van der Waals surface area contributed by atoms with Crippen molar-refractivity contribution in [3.8, 4) is 0 Å². The molecule has 0 spiro atoms. The molecule has 1 aliphatic heterocycles. The van der Waals surface area contributed by atoms with Crippen LogP contribution in [0.25, 0.3) is 5.76 Å². The highest BCUT2D eigenvalue weighted by Gasteiger charge is 2.47. The quantitative estimate of drug-likeness (QED) is 0.311. The first-order valence-electron chi connectivity index (χ1n) is 9.52. The van der Waals surface area contributed by atoms with Crippen LogP contribution in [0.3, 0.4) is 0 Å². The van der Waals surface area contributed by atoms with Crippen molar-refractivity contribution < 1.29 is 23.8 Å². The lowest BCUT2D eigenvalue weighted by Gasteiger charge is -2.23. The number of aliphatic hydroxyl groups is 1. The molecule has 1 aliphatic rings. The second-order valence-corrected chi connectivity index (χ2v) is 7.66. The van der Waals surface area contributed by atoms with Crippen LogP contribution in [0.15, 0.2) is 46.4 Å². The van der Waals surface area contributed by atoms with Gasteiger partial charge < -0.3 is 19.2 Å². The summed E-state index contributed by atoms with van der Waals surface area (Å²) in [5.74, 6) is -0.562. The topological polar surface area (TPSA) is 80.0 Å². The summed E-state index contributed by atoms with van der Waals surface area (Å²) in [5, 5.41) is 11.4. The van der Waals surface area contributed by atoms with Gasteiger partial charge in [-0.25, -0.2) is 0 Å². The molecular formula is C22H24ClNO5. The third-order valence-electron chi connectivity index (χ3n) is 4.68. The molecule has 1 fully saturated rings. The predicted molar refractivity (Wildman–Crippen MR) is 110 cm³/mol. The first kappa shape index (κ1) is 21.1. The molecule has 0 radical (unpaired) electrons. The van der Waals surface area contributed by atoms with Gasteiger partial charge in [0.05, 0.1) is 11.7 Å². The fourth-order valence-corrected chi connectivity index (χ4v) is 3.45. The molecular weight excluding hydrogens is 394 g/mol. The second-order valence-electron chi connectivity index (χ2n) is 7.22. The van der Waals surface area contributed by atoms with Gasteiger partial charge in [0.15, 0.2) is 0 Å². The minimum atomic E-state index is -0.793. The maximum Gasteiger partial charge on any atom is 0.295 e. The van der Waals surface area contributed by atoms with Crippen molar-refractivity contribution in [2.24, 2.45) is 0 Å². The van der Waals surface area contributed by atoms with Crippen molar-refractivity contribution in [3.05, 3.63) is 64.1 Å². The van der Waals surface area contributed by atoms with Gasteiger partial charge in [0.1, 0.15) is 23.3 Å². The molecule has 1 atom stereocenters. The Morgan fingerprint density at radius 1 is 1.21 bits per heavy atom. The first-order valence-corrected chi connectivity index (χ1v) is 9.89. The molecule has 1 N–H and O–H groups in total. The van der Waals surface area contributed by atoms with Crippen LogP contribution < -0.4 is 0 Å². The summed E-state index contributed by atoms with van der Waals surface area (Å²) in [6.07, 6.45) is 0.640. The zero-order valence-electron chi connectivity index (χ0n) is 16.6. The van der Waals surface area contributed by atoms with Crippen molar-refractivity contribution in [3.63, 3.8) is 0 Å². The van der Waals surface area contributed by atoms with E-state index >= 15 is 0 Å². The van der Waals surface area contributed by atoms with Crippen LogP contribution in [0.1, 0.15) is 43.4 Å². The molecule has 0 aliphatic carbocycles. The van der Waals surface area contributed by atoms with E-state index in [4.69, 9.17) is 20.8 Å². The number of carbonyl (C=O) groups is 2. The Kier molecular flexibility index (Phi) is 6.45. The highest BCUT2D eigenvalue weighted by atomic mass is 35.5. The Hall–Kier alpha value is -2.57. The van der Waals surface area contributed by atoms with E-state index in [1.54, 1.807) is 43.3 Å². The van der Waals surface area contributed by atoms with Crippen LogP contribution in [0.4, 0.5) is 0 Å². The van der Waals surface area contributed by atoms with Crippen LogP contribution >= 0.6 is 11.6 Å². The molecule has 0 saturated carbocycles. The van der Waals surface area contributed by atoms with Crippen molar-refractivity contribution in [2.45, 2.75) is 39.3 Å². The van der Waals surface area contributed by atoms with Gasteiger partial charge in [0, 0.05) is 23.7 Å². The van der Waals surface area contributed by atoms with Gasteiger partial charge in [0.25, 0.3) is 11.7 Å². The van der Waals surface area contributed by atoms with Gasteiger partial charge in [-0.1, -0.05) is 11.6 Å². The number of amides is 1. The average molecular weight is 418 g/mol. The lowest BCUT2D eigenvalue weighted by molar-refractivity contribution is -0.140.